The van der Waals surface area contributed by atoms with E-state index in [1.807, 2.05) is 42.5 Å². The fourth-order valence-electron chi connectivity index (χ4n) is 6.53. The summed E-state index contributed by atoms with van der Waals surface area (Å²) >= 11 is 6.26. The fourth-order valence-corrected chi connectivity index (χ4v) is 6.68. The molecule has 5 atom stereocenters. The summed E-state index contributed by atoms with van der Waals surface area (Å²) < 4.78 is 6.74. The van der Waals surface area contributed by atoms with Gasteiger partial charge in [-0.1, -0.05) is 54.1 Å². The monoisotopic (exact) mass is 487 g/mol. The van der Waals surface area contributed by atoms with Gasteiger partial charge in [0, 0.05) is 30.6 Å². The zero-order valence-electron chi connectivity index (χ0n) is 19.1. The Morgan fingerprint density at radius 2 is 1.83 bits per heavy atom. The van der Waals surface area contributed by atoms with Crippen molar-refractivity contribution in [1.29, 1.82) is 5.26 Å². The van der Waals surface area contributed by atoms with Crippen LogP contribution in [0.2, 0.25) is 5.02 Å². The Balaban J connectivity index is 1.61. The van der Waals surface area contributed by atoms with E-state index < -0.39 is 17.3 Å². The smallest absolute Gasteiger partial charge is 0.181 e. The maximum Gasteiger partial charge on any atom is 0.181 e. The van der Waals surface area contributed by atoms with E-state index in [4.69, 9.17) is 16.3 Å². The predicted molar refractivity (Wildman–Crippen MR) is 131 cm³/mol. The van der Waals surface area contributed by atoms with Crippen molar-refractivity contribution in [3.05, 3.63) is 94.3 Å². The molecule has 0 amide bonds. The highest BCUT2D eigenvalue weighted by atomic mass is 35.5. The van der Waals surface area contributed by atoms with E-state index >= 15 is 0 Å². The van der Waals surface area contributed by atoms with Gasteiger partial charge >= 0.3 is 0 Å². The summed E-state index contributed by atoms with van der Waals surface area (Å²) in [7, 11) is 0. The molecule has 2 aliphatic heterocycles. The first-order valence-corrected chi connectivity index (χ1v) is 12.4. The third-order valence-electron chi connectivity index (χ3n) is 7.99. The van der Waals surface area contributed by atoms with E-state index in [9.17, 15) is 15.5 Å². The van der Waals surface area contributed by atoms with Crippen molar-refractivity contribution in [3.63, 3.8) is 0 Å². The minimum atomic E-state index is -1.81. The molecular weight excluding hydrogens is 462 g/mol. The highest BCUT2D eigenvalue weighted by molar-refractivity contribution is 6.30. The second-order valence-corrected chi connectivity index (χ2v) is 10.2. The van der Waals surface area contributed by atoms with Gasteiger partial charge in [0.25, 0.3) is 0 Å². The number of fused-ring (bicyclic) bond motifs is 3. The normalized spacial score (nSPS) is 31.5. The molecule has 6 nitrogen and oxygen atoms in total. The second kappa shape index (κ2) is 8.32. The number of nitrogens with zero attached hydrogens (tertiary/aromatic N) is 3. The fraction of sp³-hybridized carbons (Fsp3) is 0.357. The number of hydrogen-bond acceptors (Lipinski definition) is 6. The number of hydrogen-bond donors (Lipinski definition) is 2. The van der Waals surface area contributed by atoms with Crippen LogP contribution in [-0.2, 0) is 11.2 Å². The minimum absolute atomic E-state index is 0.295. The molecule has 35 heavy (non-hydrogen) atoms. The number of nitriles is 1. The van der Waals surface area contributed by atoms with Crippen LogP contribution in [-0.4, -0.2) is 45.8 Å². The van der Waals surface area contributed by atoms with Gasteiger partial charge in [-0.15, -0.1) is 0 Å². The molecule has 0 unspecified atom stereocenters. The molecule has 2 aromatic carbocycles. The number of ether oxygens (including phenoxy) is 1. The van der Waals surface area contributed by atoms with Crippen LogP contribution in [0.4, 0.5) is 0 Å². The van der Waals surface area contributed by atoms with Crippen molar-refractivity contribution in [2.75, 3.05) is 19.6 Å². The third kappa shape index (κ3) is 3.16. The first-order valence-electron chi connectivity index (χ1n) is 12.0. The van der Waals surface area contributed by atoms with Crippen LogP contribution in [0.3, 0.4) is 0 Å². The molecule has 1 saturated heterocycles. The van der Waals surface area contributed by atoms with Crippen molar-refractivity contribution in [2.24, 2.45) is 5.92 Å². The molecule has 3 aliphatic rings. The van der Waals surface area contributed by atoms with Crippen LogP contribution in [0.5, 0.6) is 5.75 Å². The first kappa shape index (κ1) is 22.5. The maximum atomic E-state index is 12.6. The van der Waals surface area contributed by atoms with Crippen LogP contribution in [0.1, 0.15) is 41.1 Å². The molecule has 0 radical (unpaired) electrons. The Kier molecular flexibility index (Phi) is 5.35. The number of aliphatic hydroxyl groups excluding tert-OH is 1. The molecule has 6 rings (SSSR count). The molecule has 3 heterocycles. The van der Waals surface area contributed by atoms with E-state index in [2.05, 4.69) is 16.0 Å². The van der Waals surface area contributed by atoms with Crippen molar-refractivity contribution in [3.8, 4) is 11.8 Å². The number of likely N-dealkylation sites (tertiary alicyclic amines) is 1. The molecule has 2 N–H and O–H groups in total. The third-order valence-corrected chi connectivity index (χ3v) is 8.19. The van der Waals surface area contributed by atoms with Crippen LogP contribution in [0.15, 0.2) is 66.9 Å². The molecule has 1 aromatic heterocycles. The standard InChI is InChI=1S/C28H26ClN3O3/c29-21-14-23-25(31-16-21)27(34)26(33)22(17-32-12-4-5-13-32)24(19-6-2-1-3-7-19)28(27,35-23)20-10-8-18(15-30)9-11-20/h1-3,6-11,14,16,22,24,26,33-34H,4-5,12-13,17H2/t22-,24+,26+,27-,28-/m0/s1. The lowest BCUT2D eigenvalue weighted by Crippen LogP contribution is -2.52. The average Bonchev–Trinajstić information content (AvgIpc) is 3.53. The summed E-state index contributed by atoms with van der Waals surface area (Å²) in [6, 6.07) is 20.8. The Morgan fingerprint density at radius 3 is 2.51 bits per heavy atom. The topological polar surface area (TPSA) is 89.6 Å². The number of aliphatic hydroxyl groups is 2. The van der Waals surface area contributed by atoms with E-state index in [0.29, 0.717) is 34.1 Å². The van der Waals surface area contributed by atoms with Gasteiger partial charge in [0.05, 0.1) is 22.8 Å². The lowest BCUT2D eigenvalue weighted by atomic mass is 9.71. The van der Waals surface area contributed by atoms with Gasteiger partial charge in [0.15, 0.2) is 11.2 Å². The summed E-state index contributed by atoms with van der Waals surface area (Å²) in [5.41, 5.74) is -0.713. The summed E-state index contributed by atoms with van der Waals surface area (Å²) in [6.07, 6.45) is 2.60. The van der Waals surface area contributed by atoms with Gasteiger partial charge in [0.2, 0.25) is 0 Å². The highest BCUT2D eigenvalue weighted by Gasteiger charge is 2.76. The lowest BCUT2D eigenvalue weighted by Gasteiger charge is -2.40. The largest absolute Gasteiger partial charge is 0.476 e. The Hall–Kier alpha value is -2.95. The summed E-state index contributed by atoms with van der Waals surface area (Å²) in [5, 5.41) is 34.3. The Labute approximate surface area is 209 Å². The predicted octanol–water partition coefficient (Wildman–Crippen LogP) is 3.95. The van der Waals surface area contributed by atoms with E-state index in [0.717, 1.165) is 31.5 Å². The van der Waals surface area contributed by atoms with Crippen LogP contribution >= 0.6 is 11.6 Å². The molecular formula is C28H26ClN3O3. The highest BCUT2D eigenvalue weighted by Crippen LogP contribution is 2.68. The quantitative estimate of drug-likeness (QED) is 0.579. The molecule has 0 spiro atoms. The van der Waals surface area contributed by atoms with Gasteiger partial charge in [-0.3, -0.25) is 4.98 Å². The van der Waals surface area contributed by atoms with Crippen molar-refractivity contribution < 1.29 is 14.9 Å². The SMILES string of the molecule is N#Cc1ccc([C@@]23Oc4cc(Cl)cnc4[C@]2(O)[C@H](O)[C@@H](CN2CCCC2)[C@H]3c2ccccc2)cc1. The number of aromatic nitrogens is 1. The second-order valence-electron chi connectivity index (χ2n) is 9.80. The molecule has 3 aromatic rings. The Morgan fingerprint density at radius 1 is 1.11 bits per heavy atom. The van der Waals surface area contributed by atoms with Crippen molar-refractivity contribution in [2.45, 2.75) is 36.1 Å². The zero-order valence-corrected chi connectivity index (χ0v) is 19.9. The molecule has 178 valence electrons. The number of halogens is 1. The minimum Gasteiger partial charge on any atom is -0.476 e. The van der Waals surface area contributed by atoms with Gasteiger partial charge in [-0.05, 0) is 49.2 Å². The van der Waals surface area contributed by atoms with Crippen LogP contribution < -0.4 is 4.74 Å². The van der Waals surface area contributed by atoms with Gasteiger partial charge in [-0.2, -0.15) is 5.26 Å². The lowest BCUT2D eigenvalue weighted by molar-refractivity contribution is -0.153. The summed E-state index contributed by atoms with van der Waals surface area (Å²) in [6.45, 7) is 2.57. The number of rotatable bonds is 4. The van der Waals surface area contributed by atoms with Gasteiger partial charge in [-0.25, -0.2) is 0 Å². The van der Waals surface area contributed by atoms with E-state index in [1.165, 1.54) is 6.20 Å². The maximum absolute atomic E-state index is 12.6. The summed E-state index contributed by atoms with van der Waals surface area (Å²) in [4.78, 5) is 6.85. The van der Waals surface area contributed by atoms with E-state index in [-0.39, 0.29) is 11.8 Å². The average molecular weight is 488 g/mol. The van der Waals surface area contributed by atoms with Crippen LogP contribution in [0.25, 0.3) is 0 Å². The number of benzene rings is 2. The molecule has 2 fully saturated rings. The van der Waals surface area contributed by atoms with Crippen LogP contribution in [0, 0.1) is 17.2 Å². The number of pyridine rings is 1. The molecule has 0 bridgehead atoms. The first-order chi connectivity index (χ1) is 17.0. The molecule has 1 saturated carbocycles. The molecule has 7 heteroatoms. The van der Waals surface area contributed by atoms with Crippen molar-refractivity contribution >= 4 is 11.6 Å². The van der Waals surface area contributed by atoms with Gasteiger partial charge in [0.1, 0.15) is 11.4 Å². The summed E-state index contributed by atoms with van der Waals surface area (Å²) in [5.74, 6) is -0.337. The zero-order chi connectivity index (χ0) is 24.2. The van der Waals surface area contributed by atoms with Gasteiger partial charge < -0.3 is 19.8 Å². The van der Waals surface area contributed by atoms with E-state index in [1.54, 1.807) is 18.2 Å². The van der Waals surface area contributed by atoms with Crippen molar-refractivity contribution in [1.82, 2.24) is 9.88 Å². The molecule has 1 aliphatic carbocycles. The Bertz CT molecular complexity index is 1290.